The third-order valence-electron chi connectivity index (χ3n) is 2.66. The maximum atomic E-state index is 3.27. The van der Waals surface area contributed by atoms with Crippen LogP contribution in [0.15, 0.2) is 30.3 Å². The predicted molar refractivity (Wildman–Crippen MR) is 50.2 cm³/mol. The Hall–Kier alpha value is -0.612. The number of aryl methyl sites for hydroxylation is 2. The minimum atomic E-state index is 0. The molecule has 3 rings (SSSR count). The van der Waals surface area contributed by atoms with E-state index in [-0.39, 0.29) is 21.1 Å². The fourth-order valence-electron chi connectivity index (χ4n) is 2.10. The first kappa shape index (κ1) is 8.96. The van der Waals surface area contributed by atoms with E-state index in [1.54, 1.807) is 0 Å². The second-order valence-electron chi connectivity index (χ2n) is 3.34. The Labute approximate surface area is 92.2 Å². The van der Waals surface area contributed by atoms with E-state index in [0.29, 0.717) is 0 Å². The summed E-state index contributed by atoms with van der Waals surface area (Å²) in [6.45, 7) is 0. The first-order valence-corrected chi connectivity index (χ1v) is 4.36. The number of hydrogen-bond acceptors (Lipinski definition) is 0. The average molecular weight is 337 g/mol. The Balaban J connectivity index is 0.000000653. The van der Waals surface area contributed by atoms with Gasteiger partial charge in [-0.3, -0.25) is 0 Å². The molecule has 0 saturated carbocycles. The summed E-state index contributed by atoms with van der Waals surface area (Å²) < 4.78 is 0. The van der Waals surface area contributed by atoms with E-state index in [1.807, 2.05) is 6.07 Å². The van der Waals surface area contributed by atoms with Gasteiger partial charge in [0, 0.05) is 21.1 Å². The van der Waals surface area contributed by atoms with Gasteiger partial charge in [-0.15, -0.1) is 46.7 Å². The smallest absolute Gasteiger partial charge is 0 e. The average Bonchev–Trinajstić information content (AvgIpc) is 2.52. The van der Waals surface area contributed by atoms with Gasteiger partial charge in [0.25, 0.3) is 0 Å². The van der Waals surface area contributed by atoms with Gasteiger partial charge in [-0.1, -0.05) is 11.6 Å². The fraction of sp³-hybridized carbons (Fsp3) is 0.167. The van der Waals surface area contributed by atoms with Crippen LogP contribution < -0.4 is 0 Å². The van der Waals surface area contributed by atoms with Crippen LogP contribution in [0, 0.1) is 6.07 Å². The Morgan fingerprint density at radius 1 is 1.00 bits per heavy atom. The van der Waals surface area contributed by atoms with Crippen LogP contribution in [-0.2, 0) is 33.9 Å². The molecule has 13 heavy (non-hydrogen) atoms. The normalized spacial score (nSPS) is 12.9. The molecule has 2 aromatic carbocycles. The van der Waals surface area contributed by atoms with Crippen molar-refractivity contribution in [3.63, 3.8) is 0 Å². The monoisotopic (exact) mass is 337 g/mol. The Morgan fingerprint density at radius 3 is 2.62 bits per heavy atom. The molecule has 64 valence electrons. The number of hydrogen-bond donors (Lipinski definition) is 0. The van der Waals surface area contributed by atoms with Gasteiger partial charge in [0.05, 0.1) is 0 Å². The van der Waals surface area contributed by atoms with Gasteiger partial charge >= 0.3 is 0 Å². The molecule has 1 heteroatoms. The standard InChI is InChI=1S/C12H9.W/c1-3-9-4-2-6-11-8-7-10(5-1)12(9)11;/h1-3,5-6H,7-8H2;/q-1;. The first-order valence-electron chi connectivity index (χ1n) is 4.36. The van der Waals surface area contributed by atoms with Crippen LogP contribution in [-0.4, -0.2) is 0 Å². The van der Waals surface area contributed by atoms with Gasteiger partial charge < -0.3 is 0 Å². The van der Waals surface area contributed by atoms with Crippen LogP contribution in [0.25, 0.3) is 10.8 Å². The van der Waals surface area contributed by atoms with Gasteiger partial charge in [-0.2, -0.15) is 0 Å². The number of benzene rings is 2. The molecule has 0 amide bonds. The van der Waals surface area contributed by atoms with E-state index in [9.17, 15) is 0 Å². The summed E-state index contributed by atoms with van der Waals surface area (Å²) in [5, 5.41) is 2.74. The molecule has 0 aromatic heterocycles. The molecule has 0 heterocycles. The molecule has 2 aromatic rings. The third kappa shape index (κ3) is 1.25. The van der Waals surface area contributed by atoms with Crippen molar-refractivity contribution in [3.8, 4) is 0 Å². The molecule has 0 N–H and O–H groups in total. The van der Waals surface area contributed by atoms with Crippen molar-refractivity contribution < 1.29 is 21.1 Å². The zero-order valence-electron chi connectivity index (χ0n) is 7.21. The SMILES string of the molecule is [W].[c-]1ccc2c3c(cccc13)CC2. The molecule has 0 nitrogen and oxygen atoms in total. The number of rotatable bonds is 0. The summed E-state index contributed by atoms with van der Waals surface area (Å²) in [6, 6.07) is 14.0. The van der Waals surface area contributed by atoms with E-state index in [4.69, 9.17) is 0 Å². The van der Waals surface area contributed by atoms with Crippen molar-refractivity contribution in [1.29, 1.82) is 0 Å². The third-order valence-corrected chi connectivity index (χ3v) is 2.66. The summed E-state index contributed by atoms with van der Waals surface area (Å²) >= 11 is 0. The zero-order valence-corrected chi connectivity index (χ0v) is 10.1. The predicted octanol–water partition coefficient (Wildman–Crippen LogP) is 2.74. The van der Waals surface area contributed by atoms with Gasteiger partial charge in [0.15, 0.2) is 0 Å². The fourth-order valence-corrected chi connectivity index (χ4v) is 2.10. The minimum absolute atomic E-state index is 0. The Bertz CT molecular complexity index is 407. The van der Waals surface area contributed by atoms with E-state index in [2.05, 4.69) is 30.3 Å². The minimum Gasteiger partial charge on any atom is -0.146 e. The molecule has 0 radical (unpaired) electrons. The molecule has 0 bridgehead atoms. The second-order valence-corrected chi connectivity index (χ2v) is 3.34. The van der Waals surface area contributed by atoms with Crippen LogP contribution in [0.5, 0.6) is 0 Å². The molecule has 0 saturated heterocycles. The first-order chi connectivity index (χ1) is 5.95. The van der Waals surface area contributed by atoms with Crippen molar-refractivity contribution in [2.24, 2.45) is 0 Å². The molecular formula is C12H9W-. The van der Waals surface area contributed by atoms with Crippen molar-refractivity contribution in [3.05, 3.63) is 47.5 Å². The summed E-state index contributed by atoms with van der Waals surface area (Å²) in [5.74, 6) is 0. The summed E-state index contributed by atoms with van der Waals surface area (Å²) in [4.78, 5) is 0. The van der Waals surface area contributed by atoms with Gasteiger partial charge in [0.2, 0.25) is 0 Å². The quantitative estimate of drug-likeness (QED) is 0.649. The van der Waals surface area contributed by atoms with Crippen LogP contribution in [0.3, 0.4) is 0 Å². The second kappa shape index (κ2) is 3.27. The van der Waals surface area contributed by atoms with Crippen molar-refractivity contribution in [2.75, 3.05) is 0 Å². The molecular weight excluding hydrogens is 328 g/mol. The van der Waals surface area contributed by atoms with E-state index >= 15 is 0 Å². The summed E-state index contributed by atoms with van der Waals surface area (Å²) in [6.07, 6.45) is 2.43. The maximum Gasteiger partial charge on any atom is 0 e. The maximum absolute atomic E-state index is 3.27. The topological polar surface area (TPSA) is 0 Å². The molecule has 0 spiro atoms. The molecule has 0 aliphatic heterocycles. The van der Waals surface area contributed by atoms with Gasteiger partial charge in [-0.25, -0.2) is 0 Å². The molecule has 0 fully saturated rings. The van der Waals surface area contributed by atoms with Crippen molar-refractivity contribution >= 4 is 10.8 Å². The van der Waals surface area contributed by atoms with Gasteiger partial charge in [-0.05, 0) is 12.8 Å². The summed E-state index contributed by atoms with van der Waals surface area (Å²) in [5.41, 5.74) is 3.00. The molecule has 0 atom stereocenters. The van der Waals surface area contributed by atoms with E-state index < -0.39 is 0 Å². The van der Waals surface area contributed by atoms with Crippen molar-refractivity contribution in [2.45, 2.75) is 12.8 Å². The van der Waals surface area contributed by atoms with E-state index in [1.165, 1.54) is 34.7 Å². The summed E-state index contributed by atoms with van der Waals surface area (Å²) in [7, 11) is 0. The molecule has 0 unspecified atom stereocenters. The van der Waals surface area contributed by atoms with Crippen LogP contribution in [0.4, 0.5) is 0 Å². The molecule has 1 aliphatic carbocycles. The van der Waals surface area contributed by atoms with Crippen LogP contribution >= 0.6 is 0 Å². The van der Waals surface area contributed by atoms with Crippen molar-refractivity contribution in [1.82, 2.24) is 0 Å². The van der Waals surface area contributed by atoms with Crippen LogP contribution in [0.1, 0.15) is 11.1 Å². The zero-order chi connectivity index (χ0) is 7.97. The van der Waals surface area contributed by atoms with Gasteiger partial charge in [0.1, 0.15) is 0 Å². The van der Waals surface area contributed by atoms with Crippen LogP contribution in [0.2, 0.25) is 0 Å². The van der Waals surface area contributed by atoms with E-state index in [0.717, 1.165) is 0 Å². The molecule has 1 aliphatic rings. The largest absolute Gasteiger partial charge is 0.146 e. The Morgan fingerprint density at radius 2 is 1.77 bits per heavy atom. The Kier molecular flexibility index (Phi) is 2.25.